The second-order valence-electron chi connectivity index (χ2n) is 8.04. The van der Waals surface area contributed by atoms with E-state index in [0.29, 0.717) is 13.0 Å². The summed E-state index contributed by atoms with van der Waals surface area (Å²) in [7, 11) is 4.07. The fourth-order valence-corrected chi connectivity index (χ4v) is 5.32. The van der Waals surface area contributed by atoms with Gasteiger partial charge in [0, 0.05) is 24.4 Å². The van der Waals surface area contributed by atoms with Gasteiger partial charge in [-0.2, -0.15) is 0 Å². The maximum absolute atomic E-state index is 13.1. The smallest absolute Gasteiger partial charge is 0.228 e. The lowest BCUT2D eigenvalue weighted by Crippen LogP contribution is -2.36. The van der Waals surface area contributed by atoms with E-state index in [1.54, 1.807) is 11.3 Å². The predicted molar refractivity (Wildman–Crippen MR) is 131 cm³/mol. The van der Waals surface area contributed by atoms with Gasteiger partial charge in [-0.1, -0.05) is 35.1 Å². The third-order valence-corrected chi connectivity index (χ3v) is 7.07. The average molecular weight is 442 g/mol. The van der Waals surface area contributed by atoms with Gasteiger partial charge in [-0.3, -0.25) is 9.69 Å². The molecule has 0 saturated carbocycles. The summed E-state index contributed by atoms with van der Waals surface area (Å²) in [5.74, 6) is 1.10. The first-order valence-corrected chi connectivity index (χ1v) is 12.2. The third kappa shape index (κ3) is 6.06. The van der Waals surface area contributed by atoms with Crippen molar-refractivity contribution < 1.29 is 4.79 Å². The van der Waals surface area contributed by atoms with Crippen LogP contribution in [-0.2, 0) is 4.79 Å². The molecule has 4 nitrogen and oxygen atoms in total. The van der Waals surface area contributed by atoms with Crippen molar-refractivity contribution in [1.82, 2.24) is 9.88 Å². The standard InChI is InChI=1S/C24H31N3OS2/c1-17-8-10-20(11-9-17)29-14-6-7-22(28)27(13-12-26(4)5)24-25-23-19(3)15-18(2)16-21(23)30-24/h8-11,15-16H,6-7,12-14H2,1-5H3. The van der Waals surface area contributed by atoms with Crippen molar-refractivity contribution >= 4 is 44.4 Å². The Hall–Kier alpha value is -1.89. The lowest BCUT2D eigenvalue weighted by molar-refractivity contribution is -0.118. The molecule has 0 radical (unpaired) electrons. The molecule has 2 aromatic carbocycles. The third-order valence-electron chi connectivity index (χ3n) is 4.95. The van der Waals surface area contributed by atoms with Gasteiger partial charge in [0.2, 0.25) is 5.91 Å². The molecule has 1 amide bonds. The van der Waals surface area contributed by atoms with Gasteiger partial charge in [-0.25, -0.2) is 4.98 Å². The van der Waals surface area contributed by atoms with Crippen molar-refractivity contribution in [3.63, 3.8) is 0 Å². The maximum Gasteiger partial charge on any atom is 0.228 e. The number of nitrogens with zero attached hydrogens (tertiary/aromatic N) is 3. The van der Waals surface area contributed by atoms with E-state index in [1.807, 2.05) is 30.8 Å². The number of aryl methyl sites for hydroxylation is 3. The molecule has 0 aliphatic rings. The largest absolute Gasteiger partial charge is 0.308 e. The van der Waals surface area contributed by atoms with Crippen LogP contribution in [0, 0.1) is 20.8 Å². The van der Waals surface area contributed by atoms with Gasteiger partial charge in [-0.05, 0) is 76.4 Å². The highest BCUT2D eigenvalue weighted by molar-refractivity contribution is 7.99. The quantitative estimate of drug-likeness (QED) is 0.316. The number of aromatic nitrogens is 1. The molecule has 1 aromatic heterocycles. The van der Waals surface area contributed by atoms with Crippen LogP contribution in [0.2, 0.25) is 0 Å². The highest BCUT2D eigenvalue weighted by Crippen LogP contribution is 2.32. The first-order valence-electron chi connectivity index (χ1n) is 10.4. The number of fused-ring (bicyclic) bond motifs is 1. The van der Waals surface area contributed by atoms with Crippen molar-refractivity contribution in [3.05, 3.63) is 53.1 Å². The van der Waals surface area contributed by atoms with Gasteiger partial charge >= 0.3 is 0 Å². The molecule has 0 unspecified atom stereocenters. The SMILES string of the molecule is Cc1ccc(SCCCC(=O)N(CCN(C)C)c2nc3c(C)cc(C)cc3s2)cc1. The van der Waals surface area contributed by atoms with E-state index in [9.17, 15) is 4.79 Å². The Kier molecular flexibility index (Phi) is 7.92. The van der Waals surface area contributed by atoms with Gasteiger partial charge in [0.15, 0.2) is 5.13 Å². The summed E-state index contributed by atoms with van der Waals surface area (Å²) in [4.78, 5) is 23.2. The second-order valence-corrected chi connectivity index (χ2v) is 10.2. The number of thioether (sulfide) groups is 1. The van der Waals surface area contributed by atoms with Crippen LogP contribution in [0.4, 0.5) is 5.13 Å². The number of hydrogen-bond acceptors (Lipinski definition) is 5. The number of hydrogen-bond donors (Lipinski definition) is 0. The van der Waals surface area contributed by atoms with E-state index in [-0.39, 0.29) is 5.91 Å². The number of carbonyl (C=O) groups is 1. The monoisotopic (exact) mass is 441 g/mol. The molecule has 0 aliphatic carbocycles. The first-order chi connectivity index (χ1) is 14.3. The van der Waals surface area contributed by atoms with Crippen LogP contribution in [0.3, 0.4) is 0 Å². The molecule has 3 rings (SSSR count). The second kappa shape index (κ2) is 10.4. The van der Waals surface area contributed by atoms with Crippen LogP contribution in [0.1, 0.15) is 29.5 Å². The van der Waals surface area contributed by atoms with Gasteiger partial charge in [0.1, 0.15) is 0 Å². The molecular weight excluding hydrogens is 410 g/mol. The summed E-state index contributed by atoms with van der Waals surface area (Å²) < 4.78 is 1.15. The Morgan fingerprint density at radius 2 is 1.77 bits per heavy atom. The number of likely N-dealkylation sites (N-methyl/N-ethyl adjacent to an activating group) is 1. The van der Waals surface area contributed by atoms with Crippen molar-refractivity contribution in [2.45, 2.75) is 38.5 Å². The molecule has 0 fully saturated rings. The Balaban J connectivity index is 1.67. The van der Waals surface area contributed by atoms with E-state index >= 15 is 0 Å². The molecule has 160 valence electrons. The van der Waals surface area contributed by atoms with Crippen molar-refractivity contribution in [2.75, 3.05) is 37.8 Å². The highest BCUT2D eigenvalue weighted by atomic mass is 32.2. The number of carbonyl (C=O) groups excluding carboxylic acids is 1. The zero-order valence-electron chi connectivity index (χ0n) is 18.6. The summed E-state index contributed by atoms with van der Waals surface area (Å²) in [5.41, 5.74) is 4.68. The molecule has 3 aromatic rings. The minimum atomic E-state index is 0.162. The van der Waals surface area contributed by atoms with E-state index in [2.05, 4.69) is 62.1 Å². The fourth-order valence-electron chi connectivity index (χ4n) is 3.28. The topological polar surface area (TPSA) is 36.4 Å². The van der Waals surface area contributed by atoms with E-state index in [0.717, 1.165) is 34.1 Å². The van der Waals surface area contributed by atoms with Gasteiger partial charge in [0.25, 0.3) is 0 Å². The van der Waals surface area contributed by atoms with Gasteiger partial charge in [0.05, 0.1) is 10.2 Å². The van der Waals surface area contributed by atoms with E-state index in [4.69, 9.17) is 4.98 Å². The summed E-state index contributed by atoms with van der Waals surface area (Å²) in [6, 6.07) is 12.9. The van der Waals surface area contributed by atoms with Gasteiger partial charge < -0.3 is 4.90 Å². The van der Waals surface area contributed by atoms with Crippen LogP contribution in [0.5, 0.6) is 0 Å². The number of amides is 1. The van der Waals surface area contributed by atoms with Crippen molar-refractivity contribution in [3.8, 4) is 0 Å². The molecule has 0 aliphatic heterocycles. The number of benzene rings is 2. The molecule has 0 saturated heterocycles. The minimum absolute atomic E-state index is 0.162. The lowest BCUT2D eigenvalue weighted by atomic mass is 10.1. The molecule has 0 spiro atoms. The van der Waals surface area contributed by atoms with Crippen molar-refractivity contribution in [1.29, 1.82) is 0 Å². The minimum Gasteiger partial charge on any atom is -0.308 e. The summed E-state index contributed by atoms with van der Waals surface area (Å²) in [6.45, 7) is 7.77. The van der Waals surface area contributed by atoms with E-state index in [1.165, 1.54) is 21.6 Å². The van der Waals surface area contributed by atoms with Crippen LogP contribution >= 0.6 is 23.1 Å². The first kappa shape index (κ1) is 22.8. The number of anilines is 1. The molecule has 0 N–H and O–H groups in total. The Labute approximate surface area is 188 Å². The summed E-state index contributed by atoms with van der Waals surface area (Å²) >= 11 is 3.43. The van der Waals surface area contributed by atoms with Crippen LogP contribution < -0.4 is 4.90 Å². The zero-order chi connectivity index (χ0) is 21.7. The van der Waals surface area contributed by atoms with Crippen LogP contribution in [0.25, 0.3) is 10.2 Å². The van der Waals surface area contributed by atoms with Crippen LogP contribution in [0.15, 0.2) is 41.3 Å². The van der Waals surface area contributed by atoms with Gasteiger partial charge in [-0.15, -0.1) is 11.8 Å². The maximum atomic E-state index is 13.1. The average Bonchev–Trinajstić information content (AvgIpc) is 3.10. The Morgan fingerprint density at radius 1 is 1.03 bits per heavy atom. The summed E-state index contributed by atoms with van der Waals surface area (Å²) in [6.07, 6.45) is 1.40. The molecular formula is C24H31N3OS2. The van der Waals surface area contributed by atoms with Crippen molar-refractivity contribution in [2.24, 2.45) is 0 Å². The number of thiazole rings is 1. The predicted octanol–water partition coefficient (Wildman–Crippen LogP) is 5.69. The summed E-state index contributed by atoms with van der Waals surface area (Å²) in [5, 5.41) is 0.816. The highest BCUT2D eigenvalue weighted by Gasteiger charge is 2.20. The Bertz CT molecular complexity index is 996. The molecule has 0 atom stereocenters. The normalized spacial score (nSPS) is 11.4. The molecule has 0 bridgehead atoms. The zero-order valence-corrected chi connectivity index (χ0v) is 20.2. The van der Waals surface area contributed by atoms with Crippen LogP contribution in [-0.4, -0.2) is 48.7 Å². The fraction of sp³-hybridized carbons (Fsp3) is 0.417. The van der Waals surface area contributed by atoms with E-state index < -0.39 is 0 Å². The molecule has 1 heterocycles. The molecule has 6 heteroatoms. The number of rotatable bonds is 9. The lowest BCUT2D eigenvalue weighted by Gasteiger charge is -2.22. The Morgan fingerprint density at radius 3 is 2.47 bits per heavy atom. The molecule has 30 heavy (non-hydrogen) atoms.